The number of ketones is 1. The van der Waals surface area contributed by atoms with E-state index in [9.17, 15) is 4.79 Å². The number of ether oxygens (including phenoxy) is 2. The first kappa shape index (κ1) is 16.1. The lowest BCUT2D eigenvalue weighted by atomic mass is 10.1. The second-order valence-corrected chi connectivity index (χ2v) is 5.81. The number of carbonyl (C=O) groups excluding carboxylic acids is 1. The number of rotatable bonds is 5. The topological polar surface area (TPSA) is 35.5 Å². The van der Waals surface area contributed by atoms with E-state index in [2.05, 4.69) is 15.9 Å². The number of hydrogen-bond donors (Lipinski definition) is 0. The van der Waals surface area contributed by atoms with Gasteiger partial charge in [-0.15, -0.1) is 0 Å². The third kappa shape index (κ3) is 4.13. The standard InChI is InChI=1S/C15H11BrCl2O3/c1-20-15-5-2-9(6-11(15)16)14(19)8-21-10-3-4-12(17)13(18)7-10/h2-7H,8H2,1H3. The van der Waals surface area contributed by atoms with Gasteiger partial charge in [0.05, 0.1) is 21.6 Å². The summed E-state index contributed by atoms with van der Waals surface area (Å²) in [6, 6.07) is 9.94. The molecule has 6 heteroatoms. The fourth-order valence-corrected chi connectivity index (χ4v) is 2.47. The first-order valence-electron chi connectivity index (χ1n) is 5.96. The minimum atomic E-state index is -0.149. The van der Waals surface area contributed by atoms with Crippen molar-refractivity contribution < 1.29 is 14.3 Å². The van der Waals surface area contributed by atoms with Crippen molar-refractivity contribution >= 4 is 44.9 Å². The number of Topliss-reactive ketones (excluding diaryl/α,β-unsaturated/α-hetero) is 1. The molecule has 0 atom stereocenters. The summed E-state index contributed by atoms with van der Waals surface area (Å²) in [5, 5.41) is 0.822. The Morgan fingerprint density at radius 3 is 2.52 bits per heavy atom. The summed E-state index contributed by atoms with van der Waals surface area (Å²) >= 11 is 15.0. The summed E-state index contributed by atoms with van der Waals surface area (Å²) in [7, 11) is 1.56. The van der Waals surface area contributed by atoms with Gasteiger partial charge in [0.15, 0.2) is 12.4 Å². The van der Waals surface area contributed by atoms with E-state index in [1.54, 1.807) is 43.5 Å². The summed E-state index contributed by atoms with van der Waals surface area (Å²) in [6.45, 7) is -0.0866. The molecule has 0 aliphatic heterocycles. The molecule has 0 bridgehead atoms. The molecule has 2 rings (SSSR count). The Bertz CT molecular complexity index is 674. The fraction of sp³-hybridized carbons (Fsp3) is 0.133. The molecule has 0 N–H and O–H groups in total. The van der Waals surface area contributed by atoms with Gasteiger partial charge in [0.1, 0.15) is 11.5 Å². The first-order valence-corrected chi connectivity index (χ1v) is 7.50. The maximum atomic E-state index is 12.1. The van der Waals surface area contributed by atoms with E-state index < -0.39 is 0 Å². The molecule has 0 radical (unpaired) electrons. The molecule has 0 saturated heterocycles. The molecule has 110 valence electrons. The van der Waals surface area contributed by atoms with Crippen LogP contribution in [-0.2, 0) is 0 Å². The lowest BCUT2D eigenvalue weighted by Crippen LogP contribution is -2.11. The number of methoxy groups -OCH3 is 1. The van der Waals surface area contributed by atoms with E-state index >= 15 is 0 Å². The minimum Gasteiger partial charge on any atom is -0.496 e. The Labute approximate surface area is 140 Å². The molecular formula is C15H11BrCl2O3. The van der Waals surface area contributed by atoms with E-state index in [1.165, 1.54) is 0 Å². The van der Waals surface area contributed by atoms with Crippen LogP contribution in [0, 0.1) is 0 Å². The summed E-state index contributed by atoms with van der Waals surface area (Å²) in [6.07, 6.45) is 0. The van der Waals surface area contributed by atoms with Crippen LogP contribution < -0.4 is 9.47 Å². The van der Waals surface area contributed by atoms with Crippen LogP contribution in [0.3, 0.4) is 0 Å². The summed E-state index contributed by atoms with van der Waals surface area (Å²) in [4.78, 5) is 12.1. The SMILES string of the molecule is COc1ccc(C(=O)COc2ccc(Cl)c(Cl)c2)cc1Br. The molecule has 0 unspecified atom stereocenters. The van der Waals surface area contributed by atoms with Crippen LogP contribution in [-0.4, -0.2) is 19.5 Å². The maximum absolute atomic E-state index is 12.1. The maximum Gasteiger partial charge on any atom is 0.200 e. The smallest absolute Gasteiger partial charge is 0.200 e. The predicted molar refractivity (Wildman–Crippen MR) is 87.0 cm³/mol. The summed E-state index contributed by atoms with van der Waals surface area (Å²) in [5.74, 6) is 1.01. The molecule has 2 aromatic rings. The van der Waals surface area contributed by atoms with E-state index in [-0.39, 0.29) is 12.4 Å². The van der Waals surface area contributed by atoms with Crippen LogP contribution >= 0.6 is 39.1 Å². The molecule has 2 aromatic carbocycles. The fourth-order valence-electron chi connectivity index (χ4n) is 1.64. The molecule has 0 aliphatic rings. The van der Waals surface area contributed by atoms with Crippen molar-refractivity contribution in [2.24, 2.45) is 0 Å². The van der Waals surface area contributed by atoms with Gasteiger partial charge < -0.3 is 9.47 Å². The number of halogens is 3. The van der Waals surface area contributed by atoms with Crippen LogP contribution in [0.4, 0.5) is 0 Å². The highest BCUT2D eigenvalue weighted by Crippen LogP contribution is 2.27. The van der Waals surface area contributed by atoms with Gasteiger partial charge in [-0.1, -0.05) is 23.2 Å². The molecule has 0 aliphatic carbocycles. The van der Waals surface area contributed by atoms with Crippen LogP contribution in [0.1, 0.15) is 10.4 Å². The average Bonchev–Trinajstić information content (AvgIpc) is 2.48. The van der Waals surface area contributed by atoms with Crippen LogP contribution in [0.15, 0.2) is 40.9 Å². The summed E-state index contributed by atoms with van der Waals surface area (Å²) < 4.78 is 11.2. The highest BCUT2D eigenvalue weighted by molar-refractivity contribution is 9.10. The largest absolute Gasteiger partial charge is 0.496 e. The normalized spacial score (nSPS) is 10.3. The Morgan fingerprint density at radius 1 is 1.14 bits per heavy atom. The van der Waals surface area contributed by atoms with Crippen molar-refractivity contribution in [2.75, 3.05) is 13.7 Å². The second-order valence-electron chi connectivity index (χ2n) is 4.14. The molecule has 0 saturated carbocycles. The number of benzene rings is 2. The lowest BCUT2D eigenvalue weighted by Gasteiger charge is -2.08. The predicted octanol–water partition coefficient (Wildman–Crippen LogP) is 5.03. The van der Waals surface area contributed by atoms with Crippen LogP contribution in [0.5, 0.6) is 11.5 Å². The van der Waals surface area contributed by atoms with Gasteiger partial charge in [-0.2, -0.15) is 0 Å². The quantitative estimate of drug-likeness (QED) is 0.673. The zero-order chi connectivity index (χ0) is 15.4. The molecular weight excluding hydrogens is 379 g/mol. The molecule has 21 heavy (non-hydrogen) atoms. The van der Waals surface area contributed by atoms with Gasteiger partial charge in [0.2, 0.25) is 0 Å². The van der Waals surface area contributed by atoms with E-state index in [0.717, 1.165) is 0 Å². The Hall–Kier alpha value is -1.23. The van der Waals surface area contributed by atoms with Crippen LogP contribution in [0.25, 0.3) is 0 Å². The minimum absolute atomic E-state index is 0.0866. The van der Waals surface area contributed by atoms with E-state index in [4.69, 9.17) is 32.7 Å². The third-order valence-corrected chi connectivity index (χ3v) is 4.09. The zero-order valence-corrected chi connectivity index (χ0v) is 14.1. The monoisotopic (exact) mass is 388 g/mol. The highest BCUT2D eigenvalue weighted by atomic mass is 79.9. The van der Waals surface area contributed by atoms with Gasteiger partial charge >= 0.3 is 0 Å². The third-order valence-electron chi connectivity index (χ3n) is 2.73. The Kier molecular flexibility index (Phi) is 5.51. The number of hydrogen-bond acceptors (Lipinski definition) is 3. The second kappa shape index (κ2) is 7.16. The molecule has 0 spiro atoms. The Morgan fingerprint density at radius 2 is 1.90 bits per heavy atom. The highest BCUT2D eigenvalue weighted by Gasteiger charge is 2.10. The molecule has 0 amide bonds. The molecule has 0 fully saturated rings. The molecule has 0 aromatic heterocycles. The number of carbonyl (C=O) groups is 1. The molecule has 3 nitrogen and oxygen atoms in total. The molecule has 0 heterocycles. The van der Waals surface area contributed by atoms with Crippen LogP contribution in [0.2, 0.25) is 10.0 Å². The Balaban J connectivity index is 2.04. The van der Waals surface area contributed by atoms with Crippen molar-refractivity contribution in [3.05, 3.63) is 56.5 Å². The van der Waals surface area contributed by atoms with Gasteiger partial charge in [0, 0.05) is 11.6 Å². The average molecular weight is 390 g/mol. The van der Waals surface area contributed by atoms with Crippen molar-refractivity contribution in [1.29, 1.82) is 0 Å². The lowest BCUT2D eigenvalue weighted by molar-refractivity contribution is 0.0921. The van der Waals surface area contributed by atoms with Crippen molar-refractivity contribution in [1.82, 2.24) is 0 Å². The van der Waals surface area contributed by atoms with Gasteiger partial charge in [0.25, 0.3) is 0 Å². The van der Waals surface area contributed by atoms with E-state index in [0.29, 0.717) is 31.6 Å². The van der Waals surface area contributed by atoms with Crippen molar-refractivity contribution in [3.63, 3.8) is 0 Å². The van der Waals surface area contributed by atoms with Crippen molar-refractivity contribution in [3.8, 4) is 11.5 Å². The first-order chi connectivity index (χ1) is 10.0. The van der Waals surface area contributed by atoms with Gasteiger partial charge in [-0.25, -0.2) is 0 Å². The van der Waals surface area contributed by atoms with Gasteiger partial charge in [-0.3, -0.25) is 4.79 Å². The van der Waals surface area contributed by atoms with E-state index in [1.807, 2.05) is 0 Å². The zero-order valence-electron chi connectivity index (χ0n) is 11.0. The van der Waals surface area contributed by atoms with Crippen molar-refractivity contribution in [2.45, 2.75) is 0 Å². The van der Waals surface area contributed by atoms with Gasteiger partial charge in [-0.05, 0) is 46.3 Å². The summed E-state index contributed by atoms with van der Waals surface area (Å²) in [5.41, 5.74) is 0.530.